The van der Waals surface area contributed by atoms with Crippen LogP contribution < -0.4 is 0 Å². The molecule has 0 unspecified atom stereocenters. The van der Waals surface area contributed by atoms with Crippen molar-refractivity contribution in [2.75, 3.05) is 26.2 Å². The molecule has 142 valence electrons. The van der Waals surface area contributed by atoms with E-state index in [9.17, 15) is 14.0 Å². The Hall–Kier alpha value is -2.76. The molecule has 3 rings (SSSR count). The summed E-state index contributed by atoms with van der Waals surface area (Å²) in [6, 6.07) is 11.9. The Bertz CT molecular complexity index is 815. The zero-order valence-electron chi connectivity index (χ0n) is 15.7. The highest BCUT2D eigenvalue weighted by Gasteiger charge is 2.37. The van der Waals surface area contributed by atoms with Gasteiger partial charge in [0.05, 0.1) is 11.8 Å². The molecule has 5 nitrogen and oxygen atoms in total. The summed E-state index contributed by atoms with van der Waals surface area (Å²) in [4.78, 5) is 33.1. The Kier molecular flexibility index (Phi) is 5.54. The lowest BCUT2D eigenvalue weighted by atomic mass is 9.82. The summed E-state index contributed by atoms with van der Waals surface area (Å²) in [5.41, 5.74) is 0.177. The molecule has 2 heterocycles. The Balaban J connectivity index is 1.61. The molecule has 27 heavy (non-hydrogen) atoms. The SMILES string of the molecule is CC(C)(C(=O)N1CCN(C(=O)Cc2ccccn2)CC1)c1ccccc1F. The van der Waals surface area contributed by atoms with Crippen molar-refractivity contribution >= 4 is 11.8 Å². The van der Waals surface area contributed by atoms with Crippen LogP contribution in [0.1, 0.15) is 25.1 Å². The fourth-order valence-electron chi connectivity index (χ4n) is 3.41. The van der Waals surface area contributed by atoms with Crippen LogP contribution >= 0.6 is 0 Å². The van der Waals surface area contributed by atoms with Gasteiger partial charge in [-0.3, -0.25) is 14.6 Å². The van der Waals surface area contributed by atoms with E-state index in [-0.39, 0.29) is 24.1 Å². The Labute approximate surface area is 158 Å². The molecular formula is C21H24FN3O2. The molecule has 2 aromatic rings. The van der Waals surface area contributed by atoms with Gasteiger partial charge in [-0.25, -0.2) is 4.39 Å². The van der Waals surface area contributed by atoms with Crippen molar-refractivity contribution in [3.63, 3.8) is 0 Å². The third-order valence-corrected chi connectivity index (χ3v) is 5.06. The maximum absolute atomic E-state index is 14.2. The molecular weight excluding hydrogens is 345 g/mol. The number of amides is 2. The second-order valence-electron chi connectivity index (χ2n) is 7.28. The molecule has 0 atom stereocenters. The minimum Gasteiger partial charge on any atom is -0.339 e. The maximum Gasteiger partial charge on any atom is 0.232 e. The third kappa shape index (κ3) is 4.15. The molecule has 0 radical (unpaired) electrons. The van der Waals surface area contributed by atoms with Crippen molar-refractivity contribution in [1.82, 2.24) is 14.8 Å². The summed E-state index contributed by atoms with van der Waals surface area (Å²) in [5.74, 6) is -0.487. The summed E-state index contributed by atoms with van der Waals surface area (Å²) in [6.07, 6.45) is 1.93. The normalized spacial score (nSPS) is 14.9. The summed E-state index contributed by atoms with van der Waals surface area (Å²) in [5, 5.41) is 0. The summed E-state index contributed by atoms with van der Waals surface area (Å²) in [6.45, 7) is 5.34. The number of carbonyl (C=O) groups is 2. The quantitative estimate of drug-likeness (QED) is 0.832. The molecule has 0 bridgehead atoms. The zero-order chi connectivity index (χ0) is 19.4. The van der Waals surface area contributed by atoms with E-state index in [1.165, 1.54) is 6.07 Å². The predicted molar refractivity (Wildman–Crippen MR) is 101 cm³/mol. The van der Waals surface area contributed by atoms with E-state index in [4.69, 9.17) is 0 Å². The molecule has 0 aliphatic carbocycles. The molecule has 1 aromatic carbocycles. The van der Waals surface area contributed by atoms with E-state index in [0.29, 0.717) is 31.7 Å². The van der Waals surface area contributed by atoms with Gasteiger partial charge in [0.15, 0.2) is 0 Å². The van der Waals surface area contributed by atoms with Crippen molar-refractivity contribution in [3.05, 3.63) is 65.7 Å². The number of piperazine rings is 1. The van der Waals surface area contributed by atoms with Gasteiger partial charge in [0.25, 0.3) is 0 Å². The van der Waals surface area contributed by atoms with Gasteiger partial charge >= 0.3 is 0 Å². The lowest BCUT2D eigenvalue weighted by Gasteiger charge is -2.38. The van der Waals surface area contributed by atoms with Gasteiger partial charge in [0, 0.05) is 43.6 Å². The number of hydrogen-bond donors (Lipinski definition) is 0. The van der Waals surface area contributed by atoms with E-state index >= 15 is 0 Å². The first-order chi connectivity index (χ1) is 12.9. The van der Waals surface area contributed by atoms with Crippen molar-refractivity contribution in [2.24, 2.45) is 0 Å². The largest absolute Gasteiger partial charge is 0.339 e. The average molecular weight is 369 g/mol. The van der Waals surface area contributed by atoms with Gasteiger partial charge in [-0.2, -0.15) is 0 Å². The maximum atomic E-state index is 14.2. The average Bonchev–Trinajstić information content (AvgIpc) is 2.68. The van der Waals surface area contributed by atoms with Crippen LogP contribution in [-0.4, -0.2) is 52.8 Å². The lowest BCUT2D eigenvalue weighted by Crippen LogP contribution is -2.54. The van der Waals surface area contributed by atoms with Crippen molar-refractivity contribution < 1.29 is 14.0 Å². The molecule has 0 N–H and O–H groups in total. The number of benzene rings is 1. The summed E-state index contributed by atoms with van der Waals surface area (Å²) < 4.78 is 14.2. The van der Waals surface area contributed by atoms with Crippen LogP contribution in [0.4, 0.5) is 4.39 Å². The molecule has 1 saturated heterocycles. The number of hydrogen-bond acceptors (Lipinski definition) is 3. The number of halogens is 1. The third-order valence-electron chi connectivity index (χ3n) is 5.06. The van der Waals surface area contributed by atoms with Gasteiger partial charge in [-0.15, -0.1) is 0 Å². The first-order valence-corrected chi connectivity index (χ1v) is 9.11. The monoisotopic (exact) mass is 369 g/mol. The number of nitrogens with zero attached hydrogens (tertiary/aromatic N) is 3. The molecule has 1 aromatic heterocycles. The molecule has 1 fully saturated rings. The fraction of sp³-hybridized carbons (Fsp3) is 0.381. The van der Waals surface area contributed by atoms with Gasteiger partial charge in [0.1, 0.15) is 5.82 Å². The Morgan fingerprint density at radius 3 is 2.26 bits per heavy atom. The summed E-state index contributed by atoms with van der Waals surface area (Å²) >= 11 is 0. The van der Waals surface area contributed by atoms with Crippen LogP contribution in [0.2, 0.25) is 0 Å². The fourth-order valence-corrected chi connectivity index (χ4v) is 3.41. The number of carbonyl (C=O) groups excluding carboxylic acids is 2. The van der Waals surface area contributed by atoms with Crippen molar-refractivity contribution in [1.29, 1.82) is 0 Å². The van der Waals surface area contributed by atoms with Crippen molar-refractivity contribution in [2.45, 2.75) is 25.7 Å². The standard InChI is InChI=1S/C21H24FN3O2/c1-21(2,17-8-3-4-9-18(17)22)20(27)25-13-11-24(12-14-25)19(26)15-16-7-5-6-10-23-16/h3-10H,11-15H2,1-2H3. The molecule has 6 heteroatoms. The highest BCUT2D eigenvalue weighted by molar-refractivity contribution is 5.88. The highest BCUT2D eigenvalue weighted by atomic mass is 19.1. The lowest BCUT2D eigenvalue weighted by molar-refractivity contribution is -0.142. The van der Waals surface area contributed by atoms with E-state index in [1.54, 1.807) is 48.0 Å². The van der Waals surface area contributed by atoms with Crippen LogP contribution in [0.3, 0.4) is 0 Å². The van der Waals surface area contributed by atoms with Gasteiger partial charge in [-0.1, -0.05) is 24.3 Å². The number of aromatic nitrogens is 1. The minimum atomic E-state index is -0.953. The van der Waals surface area contributed by atoms with Crippen LogP contribution in [0.25, 0.3) is 0 Å². The highest BCUT2D eigenvalue weighted by Crippen LogP contribution is 2.28. The second kappa shape index (κ2) is 7.86. The molecule has 0 saturated carbocycles. The number of rotatable bonds is 4. The van der Waals surface area contributed by atoms with Gasteiger partial charge in [0.2, 0.25) is 11.8 Å². The molecule has 1 aliphatic rings. The first-order valence-electron chi connectivity index (χ1n) is 9.11. The Morgan fingerprint density at radius 1 is 1.00 bits per heavy atom. The van der Waals surface area contributed by atoms with E-state index in [1.807, 2.05) is 18.2 Å². The van der Waals surface area contributed by atoms with Gasteiger partial charge < -0.3 is 9.80 Å². The van der Waals surface area contributed by atoms with E-state index < -0.39 is 5.41 Å². The molecule has 1 aliphatic heterocycles. The van der Waals surface area contributed by atoms with Crippen LogP contribution in [-0.2, 0) is 21.4 Å². The zero-order valence-corrected chi connectivity index (χ0v) is 15.7. The minimum absolute atomic E-state index is 0.00848. The van der Waals surface area contributed by atoms with Crippen molar-refractivity contribution in [3.8, 4) is 0 Å². The Morgan fingerprint density at radius 2 is 1.63 bits per heavy atom. The van der Waals surface area contributed by atoms with E-state index in [0.717, 1.165) is 5.69 Å². The summed E-state index contributed by atoms with van der Waals surface area (Å²) in [7, 11) is 0. The molecule has 0 spiro atoms. The predicted octanol–water partition coefficient (Wildman–Crippen LogP) is 2.41. The number of pyridine rings is 1. The molecule has 2 amide bonds. The van der Waals surface area contributed by atoms with Crippen LogP contribution in [0.5, 0.6) is 0 Å². The van der Waals surface area contributed by atoms with Gasteiger partial charge in [-0.05, 0) is 32.0 Å². The topological polar surface area (TPSA) is 53.5 Å². The smallest absolute Gasteiger partial charge is 0.232 e. The van der Waals surface area contributed by atoms with Crippen LogP contribution in [0, 0.1) is 5.82 Å². The van der Waals surface area contributed by atoms with Crippen LogP contribution in [0.15, 0.2) is 48.7 Å². The second-order valence-corrected chi connectivity index (χ2v) is 7.28. The van der Waals surface area contributed by atoms with E-state index in [2.05, 4.69) is 4.98 Å². The first kappa shape index (κ1) is 19.0.